The Balaban J connectivity index is 2.05. The van der Waals surface area contributed by atoms with Crippen LogP contribution in [0.3, 0.4) is 0 Å². The molecule has 0 bridgehead atoms. The van der Waals surface area contributed by atoms with Crippen LogP contribution in [-0.4, -0.2) is 10.2 Å². The normalized spacial score (nSPS) is 12.4. The zero-order valence-electron chi connectivity index (χ0n) is 10.6. The van der Waals surface area contributed by atoms with Crippen LogP contribution in [0.2, 0.25) is 0 Å². The molecule has 0 aliphatic carbocycles. The molecule has 0 saturated carbocycles. The van der Waals surface area contributed by atoms with Crippen molar-refractivity contribution in [3.8, 4) is 5.75 Å². The Kier molecular flexibility index (Phi) is 3.94. The molecule has 5 heteroatoms. The molecule has 18 heavy (non-hydrogen) atoms. The Morgan fingerprint density at radius 2 is 2.00 bits per heavy atom. The fourth-order valence-electron chi connectivity index (χ4n) is 1.62. The van der Waals surface area contributed by atoms with E-state index in [4.69, 9.17) is 14.9 Å². The molecule has 0 fully saturated rings. The predicted octanol–water partition coefficient (Wildman–Crippen LogP) is 2.23. The number of hydrogen-bond donors (Lipinski definition) is 1. The van der Waals surface area contributed by atoms with Crippen LogP contribution in [0, 0.1) is 0 Å². The molecule has 5 nitrogen and oxygen atoms in total. The van der Waals surface area contributed by atoms with Crippen molar-refractivity contribution in [2.24, 2.45) is 5.73 Å². The van der Waals surface area contributed by atoms with Crippen molar-refractivity contribution in [2.45, 2.75) is 32.9 Å². The van der Waals surface area contributed by atoms with Crippen LogP contribution in [0.1, 0.15) is 37.2 Å². The zero-order chi connectivity index (χ0) is 13.0. The number of aromatic nitrogens is 2. The molecule has 2 aromatic rings. The average Bonchev–Trinajstić information content (AvgIpc) is 2.84. The highest BCUT2D eigenvalue weighted by Gasteiger charge is 2.09. The van der Waals surface area contributed by atoms with Crippen LogP contribution in [0.5, 0.6) is 5.75 Å². The smallest absolute Gasteiger partial charge is 0.253 e. The van der Waals surface area contributed by atoms with Gasteiger partial charge in [-0.05, 0) is 13.0 Å². The summed E-state index contributed by atoms with van der Waals surface area (Å²) >= 11 is 0. The molecule has 0 radical (unpaired) electrons. The molecule has 0 spiro atoms. The minimum Gasteiger partial charge on any atom is -0.483 e. The van der Waals surface area contributed by atoms with E-state index in [0.29, 0.717) is 11.8 Å². The van der Waals surface area contributed by atoms with E-state index >= 15 is 0 Å². The van der Waals surface area contributed by atoms with Gasteiger partial charge in [-0.2, -0.15) is 0 Å². The summed E-state index contributed by atoms with van der Waals surface area (Å²) in [7, 11) is 0. The van der Waals surface area contributed by atoms with Crippen LogP contribution < -0.4 is 10.5 Å². The van der Waals surface area contributed by atoms with Gasteiger partial charge in [-0.1, -0.05) is 25.1 Å². The average molecular weight is 247 g/mol. The lowest BCUT2D eigenvalue weighted by Crippen LogP contribution is -2.08. The van der Waals surface area contributed by atoms with E-state index in [1.54, 1.807) is 0 Å². The molecule has 2 N–H and O–H groups in total. The van der Waals surface area contributed by atoms with Crippen molar-refractivity contribution in [1.29, 1.82) is 0 Å². The van der Waals surface area contributed by atoms with Gasteiger partial charge in [0.2, 0.25) is 5.89 Å². The molecular weight excluding hydrogens is 230 g/mol. The highest BCUT2D eigenvalue weighted by Crippen LogP contribution is 2.23. The standard InChI is InChI=1S/C13H17N3O2/c1-3-12-15-16-13(18-12)8-17-11-7-5-4-6-10(11)9(2)14/h4-7,9H,3,8,14H2,1-2H3/t9-/m0/s1. The minimum atomic E-state index is -0.0740. The monoisotopic (exact) mass is 247 g/mol. The predicted molar refractivity (Wildman–Crippen MR) is 67.1 cm³/mol. The molecule has 1 atom stereocenters. The van der Waals surface area contributed by atoms with E-state index in [1.807, 2.05) is 38.1 Å². The summed E-state index contributed by atoms with van der Waals surface area (Å²) in [4.78, 5) is 0. The van der Waals surface area contributed by atoms with Crippen molar-refractivity contribution in [3.63, 3.8) is 0 Å². The second kappa shape index (κ2) is 5.64. The molecular formula is C13H17N3O2. The quantitative estimate of drug-likeness (QED) is 0.877. The van der Waals surface area contributed by atoms with Gasteiger partial charge in [0.25, 0.3) is 5.89 Å². The Labute approximate surface area is 106 Å². The van der Waals surface area contributed by atoms with Crippen molar-refractivity contribution in [3.05, 3.63) is 41.6 Å². The summed E-state index contributed by atoms with van der Waals surface area (Å²) in [5, 5.41) is 7.79. The Bertz CT molecular complexity index is 508. The first-order chi connectivity index (χ1) is 8.70. The van der Waals surface area contributed by atoms with Gasteiger partial charge in [-0.15, -0.1) is 10.2 Å². The van der Waals surface area contributed by atoms with Gasteiger partial charge < -0.3 is 14.9 Å². The molecule has 2 rings (SSSR count). The maximum atomic E-state index is 5.88. The summed E-state index contributed by atoms with van der Waals surface area (Å²) < 4.78 is 11.0. The summed E-state index contributed by atoms with van der Waals surface area (Å²) in [6.07, 6.45) is 0.726. The second-order valence-electron chi connectivity index (χ2n) is 4.06. The zero-order valence-corrected chi connectivity index (χ0v) is 10.6. The lowest BCUT2D eigenvalue weighted by molar-refractivity contribution is 0.256. The van der Waals surface area contributed by atoms with Gasteiger partial charge in [0.05, 0.1) is 0 Å². The Morgan fingerprint density at radius 3 is 2.67 bits per heavy atom. The number of hydrogen-bond acceptors (Lipinski definition) is 5. The molecule has 1 aromatic carbocycles. The minimum absolute atomic E-state index is 0.0740. The van der Waals surface area contributed by atoms with Gasteiger partial charge in [0, 0.05) is 18.0 Å². The number of ether oxygens (including phenoxy) is 1. The van der Waals surface area contributed by atoms with E-state index in [9.17, 15) is 0 Å². The first kappa shape index (κ1) is 12.6. The van der Waals surface area contributed by atoms with E-state index in [-0.39, 0.29) is 12.6 Å². The summed E-state index contributed by atoms with van der Waals surface area (Å²) in [5.74, 6) is 1.85. The number of rotatable bonds is 5. The van der Waals surface area contributed by atoms with Gasteiger partial charge >= 0.3 is 0 Å². The van der Waals surface area contributed by atoms with Gasteiger partial charge in [-0.3, -0.25) is 0 Å². The number of para-hydroxylation sites is 1. The fraction of sp³-hybridized carbons (Fsp3) is 0.385. The largest absolute Gasteiger partial charge is 0.483 e. The molecule has 0 amide bonds. The molecule has 0 saturated heterocycles. The Morgan fingerprint density at radius 1 is 1.28 bits per heavy atom. The fourth-order valence-corrected chi connectivity index (χ4v) is 1.62. The molecule has 1 aromatic heterocycles. The first-order valence-corrected chi connectivity index (χ1v) is 5.99. The van der Waals surface area contributed by atoms with E-state index in [0.717, 1.165) is 17.7 Å². The number of aryl methyl sites for hydroxylation is 1. The first-order valence-electron chi connectivity index (χ1n) is 5.99. The topological polar surface area (TPSA) is 74.2 Å². The Hall–Kier alpha value is -1.88. The number of benzene rings is 1. The van der Waals surface area contributed by atoms with Crippen molar-refractivity contribution in [2.75, 3.05) is 0 Å². The lowest BCUT2D eigenvalue weighted by Gasteiger charge is -2.12. The lowest BCUT2D eigenvalue weighted by atomic mass is 10.1. The number of nitrogens with zero attached hydrogens (tertiary/aromatic N) is 2. The maximum absolute atomic E-state index is 5.88. The van der Waals surface area contributed by atoms with Crippen LogP contribution >= 0.6 is 0 Å². The highest BCUT2D eigenvalue weighted by molar-refractivity contribution is 5.35. The van der Waals surface area contributed by atoms with Crippen LogP contribution in [0.25, 0.3) is 0 Å². The van der Waals surface area contributed by atoms with Gasteiger partial charge in [0.1, 0.15) is 5.75 Å². The van der Waals surface area contributed by atoms with E-state index in [1.165, 1.54) is 0 Å². The maximum Gasteiger partial charge on any atom is 0.253 e. The van der Waals surface area contributed by atoms with Gasteiger partial charge in [0.15, 0.2) is 6.61 Å². The van der Waals surface area contributed by atoms with Crippen LogP contribution in [0.4, 0.5) is 0 Å². The third-order valence-electron chi connectivity index (χ3n) is 2.57. The third kappa shape index (κ3) is 2.87. The molecule has 0 aliphatic rings. The van der Waals surface area contributed by atoms with E-state index in [2.05, 4.69) is 10.2 Å². The van der Waals surface area contributed by atoms with Crippen LogP contribution in [-0.2, 0) is 13.0 Å². The van der Waals surface area contributed by atoms with Crippen LogP contribution in [0.15, 0.2) is 28.7 Å². The molecule has 0 unspecified atom stereocenters. The highest BCUT2D eigenvalue weighted by atomic mass is 16.5. The van der Waals surface area contributed by atoms with Crippen molar-refractivity contribution < 1.29 is 9.15 Å². The molecule has 1 heterocycles. The number of nitrogens with two attached hydrogens (primary N) is 1. The molecule has 0 aliphatic heterocycles. The van der Waals surface area contributed by atoms with Crippen molar-refractivity contribution in [1.82, 2.24) is 10.2 Å². The summed E-state index contributed by atoms with van der Waals surface area (Å²) in [6, 6.07) is 7.61. The summed E-state index contributed by atoms with van der Waals surface area (Å²) in [5.41, 5.74) is 6.84. The summed E-state index contributed by atoms with van der Waals surface area (Å²) in [6.45, 7) is 4.14. The SMILES string of the molecule is CCc1nnc(COc2ccccc2[C@H](C)N)o1. The third-order valence-corrected chi connectivity index (χ3v) is 2.57. The van der Waals surface area contributed by atoms with E-state index < -0.39 is 0 Å². The second-order valence-corrected chi connectivity index (χ2v) is 4.06. The molecule has 96 valence electrons. The van der Waals surface area contributed by atoms with Gasteiger partial charge in [-0.25, -0.2) is 0 Å². The van der Waals surface area contributed by atoms with Crippen molar-refractivity contribution >= 4 is 0 Å².